The highest BCUT2D eigenvalue weighted by atomic mass is 16.7. The predicted octanol–water partition coefficient (Wildman–Crippen LogP) is 2.69. The van der Waals surface area contributed by atoms with Gasteiger partial charge in [0.1, 0.15) is 0 Å². The van der Waals surface area contributed by atoms with E-state index in [0.717, 1.165) is 19.6 Å². The Morgan fingerprint density at radius 1 is 1.17 bits per heavy atom. The molecule has 18 heavy (non-hydrogen) atoms. The molecule has 0 spiro atoms. The second kappa shape index (κ2) is 6.32. The van der Waals surface area contributed by atoms with Crippen LogP contribution in [0.5, 0.6) is 0 Å². The zero-order valence-corrected chi connectivity index (χ0v) is 11.5. The van der Waals surface area contributed by atoms with Gasteiger partial charge in [-0.2, -0.15) is 0 Å². The van der Waals surface area contributed by atoms with Gasteiger partial charge in [-0.15, -0.1) is 0 Å². The Bertz CT molecular complexity index is 345. The smallest absolute Gasteiger partial charge is 0.157 e. The lowest BCUT2D eigenvalue weighted by Gasteiger charge is -2.37. The molecule has 1 saturated heterocycles. The molecule has 1 aliphatic rings. The Balaban J connectivity index is 2.08. The molecular weight excluding hydrogens is 226 g/mol. The molecule has 0 saturated carbocycles. The van der Waals surface area contributed by atoms with Crippen molar-refractivity contribution in [2.24, 2.45) is 5.92 Å². The lowest BCUT2D eigenvalue weighted by atomic mass is 9.92. The summed E-state index contributed by atoms with van der Waals surface area (Å²) in [4.78, 5) is 2.25. The molecule has 0 aromatic heterocycles. The van der Waals surface area contributed by atoms with Crippen molar-refractivity contribution in [1.82, 2.24) is 4.90 Å². The first kappa shape index (κ1) is 13.5. The van der Waals surface area contributed by atoms with Crippen molar-refractivity contribution >= 4 is 0 Å². The van der Waals surface area contributed by atoms with E-state index in [4.69, 9.17) is 9.47 Å². The van der Waals surface area contributed by atoms with E-state index in [1.807, 2.05) is 0 Å². The van der Waals surface area contributed by atoms with Crippen molar-refractivity contribution < 1.29 is 9.47 Å². The summed E-state index contributed by atoms with van der Waals surface area (Å²) in [5, 5.41) is 0. The normalized spacial score (nSPS) is 26.2. The van der Waals surface area contributed by atoms with Crippen molar-refractivity contribution in [3.8, 4) is 0 Å². The highest BCUT2D eigenvalue weighted by molar-refractivity contribution is 5.20. The quantitative estimate of drug-likeness (QED) is 0.819. The number of hydrogen-bond acceptors (Lipinski definition) is 3. The van der Waals surface area contributed by atoms with Crippen LogP contribution < -0.4 is 0 Å². The standard InChI is InChI=1S/C15H23NO2/c1-4-14-17-10-13(11-18-14)15(16(2)3)12-8-6-5-7-9-12/h5-9,13-15H,4,10-11H2,1-3H3. The van der Waals surface area contributed by atoms with Gasteiger partial charge in [-0.1, -0.05) is 37.3 Å². The molecule has 1 aromatic carbocycles. The van der Waals surface area contributed by atoms with E-state index in [1.165, 1.54) is 5.56 Å². The van der Waals surface area contributed by atoms with Crippen LogP contribution in [0.4, 0.5) is 0 Å². The summed E-state index contributed by atoms with van der Waals surface area (Å²) in [6.45, 7) is 3.64. The van der Waals surface area contributed by atoms with E-state index < -0.39 is 0 Å². The highest BCUT2D eigenvalue weighted by Crippen LogP contribution is 2.30. The monoisotopic (exact) mass is 249 g/mol. The van der Waals surface area contributed by atoms with Gasteiger partial charge in [0.05, 0.1) is 13.2 Å². The Morgan fingerprint density at radius 2 is 1.78 bits per heavy atom. The average Bonchev–Trinajstić information content (AvgIpc) is 2.40. The van der Waals surface area contributed by atoms with Crippen LogP contribution in [-0.2, 0) is 9.47 Å². The van der Waals surface area contributed by atoms with Gasteiger partial charge in [0, 0.05) is 12.0 Å². The first-order valence-corrected chi connectivity index (χ1v) is 6.67. The Hall–Kier alpha value is -0.900. The van der Waals surface area contributed by atoms with Gasteiger partial charge in [-0.25, -0.2) is 0 Å². The van der Waals surface area contributed by atoms with Crippen LogP contribution in [0.1, 0.15) is 24.9 Å². The topological polar surface area (TPSA) is 21.7 Å². The van der Waals surface area contributed by atoms with Crippen LogP contribution in [0.15, 0.2) is 30.3 Å². The summed E-state index contributed by atoms with van der Waals surface area (Å²) in [6.07, 6.45) is 0.907. The summed E-state index contributed by atoms with van der Waals surface area (Å²) in [5.74, 6) is 0.394. The second-order valence-electron chi connectivity index (χ2n) is 5.08. The summed E-state index contributed by atoms with van der Waals surface area (Å²) in [5.41, 5.74) is 1.33. The molecule has 0 N–H and O–H groups in total. The second-order valence-corrected chi connectivity index (χ2v) is 5.08. The maximum Gasteiger partial charge on any atom is 0.157 e. The SMILES string of the molecule is CCC1OCC(C(c2ccccc2)N(C)C)CO1. The third-order valence-corrected chi connectivity index (χ3v) is 3.47. The zero-order chi connectivity index (χ0) is 13.0. The number of hydrogen-bond donors (Lipinski definition) is 0. The maximum atomic E-state index is 5.74. The molecule has 3 nitrogen and oxygen atoms in total. The minimum absolute atomic E-state index is 0.0140. The Kier molecular flexibility index (Phi) is 4.75. The fourth-order valence-electron chi connectivity index (χ4n) is 2.62. The summed E-state index contributed by atoms with van der Waals surface area (Å²) < 4.78 is 11.5. The molecule has 1 atom stereocenters. The molecule has 1 heterocycles. The van der Waals surface area contributed by atoms with Gasteiger partial charge in [0.2, 0.25) is 0 Å². The molecule has 0 aliphatic carbocycles. The molecule has 0 amide bonds. The third-order valence-electron chi connectivity index (χ3n) is 3.47. The Labute approximate surface area is 110 Å². The van der Waals surface area contributed by atoms with Crippen LogP contribution in [0, 0.1) is 5.92 Å². The largest absolute Gasteiger partial charge is 0.352 e. The van der Waals surface area contributed by atoms with Crippen LogP contribution in [-0.4, -0.2) is 38.5 Å². The van der Waals surface area contributed by atoms with E-state index in [9.17, 15) is 0 Å². The molecule has 3 heteroatoms. The van der Waals surface area contributed by atoms with Crippen LogP contribution in [0.3, 0.4) is 0 Å². The van der Waals surface area contributed by atoms with E-state index in [-0.39, 0.29) is 6.29 Å². The van der Waals surface area contributed by atoms with E-state index in [2.05, 4.69) is 56.3 Å². The minimum Gasteiger partial charge on any atom is -0.352 e. The molecule has 100 valence electrons. The molecule has 2 rings (SSSR count). The molecule has 1 unspecified atom stereocenters. The van der Waals surface area contributed by atoms with E-state index in [0.29, 0.717) is 12.0 Å². The molecule has 1 aliphatic heterocycles. The van der Waals surface area contributed by atoms with Gasteiger partial charge in [0.15, 0.2) is 6.29 Å². The van der Waals surface area contributed by atoms with Gasteiger partial charge < -0.3 is 14.4 Å². The van der Waals surface area contributed by atoms with Crippen LogP contribution >= 0.6 is 0 Å². The van der Waals surface area contributed by atoms with Gasteiger partial charge >= 0.3 is 0 Å². The zero-order valence-electron chi connectivity index (χ0n) is 11.5. The van der Waals surface area contributed by atoms with E-state index >= 15 is 0 Å². The lowest BCUT2D eigenvalue weighted by Crippen LogP contribution is -2.39. The van der Waals surface area contributed by atoms with E-state index in [1.54, 1.807) is 0 Å². The van der Waals surface area contributed by atoms with Crippen molar-refractivity contribution in [3.05, 3.63) is 35.9 Å². The van der Waals surface area contributed by atoms with Crippen LogP contribution in [0.25, 0.3) is 0 Å². The van der Waals surface area contributed by atoms with Crippen molar-refractivity contribution in [2.75, 3.05) is 27.3 Å². The number of benzene rings is 1. The fraction of sp³-hybridized carbons (Fsp3) is 0.600. The lowest BCUT2D eigenvalue weighted by molar-refractivity contribution is -0.209. The summed E-state index contributed by atoms with van der Waals surface area (Å²) >= 11 is 0. The molecule has 1 fully saturated rings. The Morgan fingerprint density at radius 3 is 2.28 bits per heavy atom. The van der Waals surface area contributed by atoms with Crippen molar-refractivity contribution in [1.29, 1.82) is 0 Å². The third kappa shape index (κ3) is 3.10. The van der Waals surface area contributed by atoms with Crippen molar-refractivity contribution in [2.45, 2.75) is 25.7 Å². The van der Waals surface area contributed by atoms with Crippen LogP contribution in [0.2, 0.25) is 0 Å². The molecule has 1 aromatic rings. The number of ether oxygens (including phenoxy) is 2. The minimum atomic E-state index is -0.0140. The first-order chi connectivity index (χ1) is 8.72. The van der Waals surface area contributed by atoms with Gasteiger partial charge in [-0.3, -0.25) is 0 Å². The van der Waals surface area contributed by atoms with Gasteiger partial charge in [0.25, 0.3) is 0 Å². The highest BCUT2D eigenvalue weighted by Gasteiger charge is 2.30. The first-order valence-electron chi connectivity index (χ1n) is 6.67. The maximum absolute atomic E-state index is 5.74. The van der Waals surface area contributed by atoms with Crippen molar-refractivity contribution in [3.63, 3.8) is 0 Å². The fourth-order valence-corrected chi connectivity index (χ4v) is 2.62. The summed E-state index contributed by atoms with van der Waals surface area (Å²) in [7, 11) is 4.23. The average molecular weight is 249 g/mol. The molecule has 0 bridgehead atoms. The number of rotatable bonds is 4. The predicted molar refractivity (Wildman–Crippen MR) is 72.3 cm³/mol. The molecule has 0 radical (unpaired) electrons. The van der Waals surface area contributed by atoms with Gasteiger partial charge in [-0.05, 0) is 26.1 Å². The number of nitrogens with zero attached hydrogens (tertiary/aromatic N) is 1. The summed E-state index contributed by atoms with van der Waals surface area (Å²) in [6, 6.07) is 10.9. The molecular formula is C15H23NO2.